The van der Waals surface area contributed by atoms with Gasteiger partial charge in [0.2, 0.25) is 6.08 Å². The van der Waals surface area contributed by atoms with Gasteiger partial charge in [-0.15, -0.1) is 0 Å². The van der Waals surface area contributed by atoms with Crippen LogP contribution in [0.5, 0.6) is 0 Å². The molecule has 0 heterocycles. The maximum Gasteiger partial charge on any atom is 0.257 e. The monoisotopic (exact) mass is 266 g/mol. The van der Waals surface area contributed by atoms with Crippen molar-refractivity contribution in [2.24, 2.45) is 4.99 Å². The van der Waals surface area contributed by atoms with Gasteiger partial charge in [0.25, 0.3) is 5.91 Å². The lowest BCUT2D eigenvalue weighted by Crippen LogP contribution is -2.12. The van der Waals surface area contributed by atoms with Crippen LogP contribution in [-0.2, 0) is 4.79 Å². The second-order valence-corrected chi connectivity index (χ2v) is 4.47. The molecule has 2 aromatic carbocycles. The molecule has 2 aromatic rings. The van der Waals surface area contributed by atoms with E-state index in [2.05, 4.69) is 10.3 Å². The summed E-state index contributed by atoms with van der Waals surface area (Å²) in [5.41, 5.74) is 3.62. The molecule has 0 aliphatic carbocycles. The molecule has 2 rings (SSSR count). The lowest BCUT2D eigenvalue weighted by atomic mass is 10.1. The van der Waals surface area contributed by atoms with Gasteiger partial charge >= 0.3 is 0 Å². The molecule has 0 unspecified atom stereocenters. The number of nitrogens with one attached hydrogen (secondary N) is 1. The quantitative estimate of drug-likeness (QED) is 0.682. The lowest BCUT2D eigenvalue weighted by molar-refractivity contribution is 0.102. The first kappa shape index (κ1) is 13.7. The smallest absolute Gasteiger partial charge is 0.257 e. The Balaban J connectivity index is 2.28. The van der Waals surface area contributed by atoms with E-state index in [9.17, 15) is 9.59 Å². The summed E-state index contributed by atoms with van der Waals surface area (Å²) >= 11 is 0. The SMILES string of the molecule is Cc1ccc(NC(=O)c2ccccc2N=C=O)cc1C. The molecule has 20 heavy (non-hydrogen) atoms. The fourth-order valence-electron chi connectivity index (χ4n) is 1.83. The summed E-state index contributed by atoms with van der Waals surface area (Å²) in [4.78, 5) is 26.1. The lowest BCUT2D eigenvalue weighted by Gasteiger charge is -2.08. The number of carbonyl (C=O) groups excluding carboxylic acids is 2. The molecule has 4 nitrogen and oxygen atoms in total. The number of nitrogens with zero attached hydrogens (tertiary/aromatic N) is 1. The predicted octanol–water partition coefficient (Wildman–Crippen LogP) is 3.52. The molecular formula is C16H14N2O2. The molecule has 0 fully saturated rings. The van der Waals surface area contributed by atoms with Crippen LogP contribution in [0.4, 0.5) is 11.4 Å². The maximum atomic E-state index is 12.2. The van der Waals surface area contributed by atoms with Crippen molar-refractivity contribution in [1.82, 2.24) is 0 Å². The Morgan fingerprint density at radius 1 is 1.10 bits per heavy atom. The number of aryl methyl sites for hydroxylation is 2. The van der Waals surface area contributed by atoms with E-state index in [4.69, 9.17) is 0 Å². The minimum atomic E-state index is -0.303. The van der Waals surface area contributed by atoms with E-state index in [1.54, 1.807) is 24.3 Å². The van der Waals surface area contributed by atoms with Crippen LogP contribution in [0, 0.1) is 13.8 Å². The molecule has 0 bridgehead atoms. The van der Waals surface area contributed by atoms with Gasteiger partial charge in [-0.1, -0.05) is 18.2 Å². The van der Waals surface area contributed by atoms with Crippen molar-refractivity contribution in [3.05, 3.63) is 59.2 Å². The zero-order chi connectivity index (χ0) is 14.5. The van der Waals surface area contributed by atoms with E-state index in [1.807, 2.05) is 32.0 Å². The van der Waals surface area contributed by atoms with Crippen LogP contribution < -0.4 is 5.32 Å². The first-order chi connectivity index (χ1) is 9.61. The highest BCUT2D eigenvalue weighted by Crippen LogP contribution is 2.20. The Morgan fingerprint density at radius 2 is 1.85 bits per heavy atom. The van der Waals surface area contributed by atoms with Gasteiger partial charge in [-0.2, -0.15) is 4.99 Å². The molecule has 0 radical (unpaired) electrons. The Bertz CT molecular complexity index is 701. The number of carbonyl (C=O) groups is 1. The summed E-state index contributed by atoms with van der Waals surface area (Å²) in [5.74, 6) is -0.303. The third-order valence-corrected chi connectivity index (χ3v) is 3.08. The van der Waals surface area contributed by atoms with Gasteiger partial charge in [-0.3, -0.25) is 4.79 Å². The van der Waals surface area contributed by atoms with E-state index in [0.29, 0.717) is 16.9 Å². The second kappa shape index (κ2) is 5.95. The molecule has 100 valence electrons. The number of amides is 1. The van der Waals surface area contributed by atoms with Crippen molar-refractivity contribution in [2.45, 2.75) is 13.8 Å². The zero-order valence-corrected chi connectivity index (χ0v) is 11.3. The minimum Gasteiger partial charge on any atom is -0.322 e. The second-order valence-electron chi connectivity index (χ2n) is 4.47. The van der Waals surface area contributed by atoms with Crippen molar-refractivity contribution in [3.63, 3.8) is 0 Å². The highest BCUT2D eigenvalue weighted by atomic mass is 16.1. The van der Waals surface area contributed by atoms with E-state index < -0.39 is 0 Å². The fraction of sp³-hybridized carbons (Fsp3) is 0.125. The van der Waals surface area contributed by atoms with Gasteiger partial charge in [0.1, 0.15) is 0 Å². The molecule has 0 aliphatic rings. The molecule has 0 saturated carbocycles. The molecule has 1 amide bonds. The van der Waals surface area contributed by atoms with Crippen LogP contribution in [0.1, 0.15) is 21.5 Å². The maximum absolute atomic E-state index is 12.2. The summed E-state index contributed by atoms with van der Waals surface area (Å²) in [5, 5.41) is 2.80. The number of anilines is 1. The highest BCUT2D eigenvalue weighted by Gasteiger charge is 2.11. The Morgan fingerprint density at radius 3 is 2.55 bits per heavy atom. The molecule has 0 spiro atoms. The Hall–Kier alpha value is -2.71. The minimum absolute atomic E-state index is 0.303. The molecule has 0 saturated heterocycles. The molecule has 0 atom stereocenters. The fourth-order valence-corrected chi connectivity index (χ4v) is 1.83. The van der Waals surface area contributed by atoms with Gasteiger partial charge in [0, 0.05) is 5.69 Å². The van der Waals surface area contributed by atoms with Crippen LogP contribution >= 0.6 is 0 Å². The summed E-state index contributed by atoms with van der Waals surface area (Å²) in [7, 11) is 0. The molecule has 0 aliphatic heterocycles. The van der Waals surface area contributed by atoms with Crippen molar-refractivity contribution >= 4 is 23.4 Å². The van der Waals surface area contributed by atoms with Crippen LogP contribution in [0.2, 0.25) is 0 Å². The van der Waals surface area contributed by atoms with Crippen molar-refractivity contribution in [2.75, 3.05) is 5.32 Å². The average Bonchev–Trinajstić information content (AvgIpc) is 2.44. The third kappa shape index (κ3) is 2.99. The van der Waals surface area contributed by atoms with Gasteiger partial charge in [0.05, 0.1) is 11.3 Å². The van der Waals surface area contributed by atoms with Gasteiger partial charge < -0.3 is 5.32 Å². The molecule has 1 N–H and O–H groups in total. The molecule has 0 aromatic heterocycles. The van der Waals surface area contributed by atoms with Crippen LogP contribution in [0.15, 0.2) is 47.5 Å². The number of hydrogen-bond acceptors (Lipinski definition) is 3. The summed E-state index contributed by atoms with van der Waals surface area (Å²) in [6.07, 6.45) is 1.45. The standard InChI is InChI=1S/C16H14N2O2/c1-11-7-8-13(9-12(11)2)18-16(20)14-5-3-4-6-15(14)17-10-19/h3-9H,1-2H3,(H,18,20). The van der Waals surface area contributed by atoms with E-state index in [1.165, 1.54) is 6.08 Å². The molecule has 4 heteroatoms. The van der Waals surface area contributed by atoms with Crippen molar-refractivity contribution in [3.8, 4) is 0 Å². The number of aliphatic imine (C=N–C) groups is 1. The Kier molecular flexibility index (Phi) is 4.08. The number of para-hydroxylation sites is 1. The van der Waals surface area contributed by atoms with Gasteiger partial charge in [-0.25, -0.2) is 4.79 Å². The average molecular weight is 266 g/mol. The summed E-state index contributed by atoms with van der Waals surface area (Å²) in [6, 6.07) is 12.3. The first-order valence-corrected chi connectivity index (χ1v) is 6.17. The third-order valence-electron chi connectivity index (χ3n) is 3.08. The van der Waals surface area contributed by atoms with E-state index in [-0.39, 0.29) is 5.91 Å². The van der Waals surface area contributed by atoms with Crippen LogP contribution in [-0.4, -0.2) is 12.0 Å². The molecular weight excluding hydrogens is 252 g/mol. The van der Waals surface area contributed by atoms with Gasteiger partial charge in [-0.05, 0) is 49.2 Å². The van der Waals surface area contributed by atoms with Crippen molar-refractivity contribution in [1.29, 1.82) is 0 Å². The van der Waals surface area contributed by atoms with Gasteiger partial charge in [0.15, 0.2) is 0 Å². The normalized spacial score (nSPS) is 9.70. The predicted molar refractivity (Wildman–Crippen MR) is 78.1 cm³/mol. The van der Waals surface area contributed by atoms with Crippen LogP contribution in [0.3, 0.4) is 0 Å². The van der Waals surface area contributed by atoms with Crippen LogP contribution in [0.25, 0.3) is 0 Å². The summed E-state index contributed by atoms with van der Waals surface area (Å²) in [6.45, 7) is 3.99. The number of benzene rings is 2. The van der Waals surface area contributed by atoms with Crippen molar-refractivity contribution < 1.29 is 9.59 Å². The number of isocyanates is 1. The highest BCUT2D eigenvalue weighted by molar-refractivity contribution is 6.07. The number of rotatable bonds is 3. The first-order valence-electron chi connectivity index (χ1n) is 6.17. The zero-order valence-electron chi connectivity index (χ0n) is 11.3. The van der Waals surface area contributed by atoms with E-state index in [0.717, 1.165) is 11.1 Å². The topological polar surface area (TPSA) is 58.5 Å². The van der Waals surface area contributed by atoms with E-state index >= 15 is 0 Å². The number of hydrogen-bond donors (Lipinski definition) is 1. The largest absolute Gasteiger partial charge is 0.322 e. The summed E-state index contributed by atoms with van der Waals surface area (Å²) < 4.78 is 0. The Labute approximate surface area is 117 Å².